The van der Waals surface area contributed by atoms with E-state index >= 15 is 0 Å². The summed E-state index contributed by atoms with van der Waals surface area (Å²) in [5.41, 5.74) is 2.83. The van der Waals surface area contributed by atoms with E-state index in [1.54, 1.807) is 6.92 Å². The molecule has 2 rings (SSSR count). The number of thioether (sulfide) groups is 1. The number of carboxylic acid groups (broad SMARTS) is 1. The lowest BCUT2D eigenvalue weighted by Crippen LogP contribution is -2.61. The molecule has 0 aliphatic carbocycles. The molecule has 8 nitrogen and oxygen atoms in total. The third-order valence-corrected chi connectivity index (χ3v) is 5.28. The number of nitrogens with one attached hydrogen (secondary N) is 1. The van der Waals surface area contributed by atoms with Crippen molar-refractivity contribution >= 4 is 29.5 Å². The molecule has 23 heavy (non-hydrogen) atoms. The topological polar surface area (TPSA) is 133 Å². The van der Waals surface area contributed by atoms with Crippen LogP contribution in [0, 0.1) is 5.92 Å². The van der Waals surface area contributed by atoms with Crippen LogP contribution < -0.4 is 11.3 Å². The van der Waals surface area contributed by atoms with Crippen LogP contribution in [0.15, 0.2) is 11.3 Å². The van der Waals surface area contributed by atoms with Crippen molar-refractivity contribution < 1.29 is 24.6 Å². The molecule has 9 heteroatoms. The quantitative estimate of drug-likeness (QED) is 0.153. The Kier molecular flexibility index (Phi) is 5.66. The third-order valence-electron chi connectivity index (χ3n) is 4.15. The first-order valence-electron chi connectivity index (χ1n) is 7.42. The highest BCUT2D eigenvalue weighted by molar-refractivity contribution is 7.99. The van der Waals surface area contributed by atoms with E-state index in [-0.39, 0.29) is 23.6 Å². The average molecular weight is 343 g/mol. The minimum atomic E-state index is -1.11. The van der Waals surface area contributed by atoms with E-state index in [4.69, 9.17) is 5.84 Å². The summed E-state index contributed by atoms with van der Waals surface area (Å²) in [5, 5.41) is 19.0. The van der Waals surface area contributed by atoms with Crippen LogP contribution in [0.4, 0.5) is 0 Å². The number of hydrogen-bond donors (Lipinski definition) is 4. The maximum atomic E-state index is 12.0. The Labute approximate surface area is 138 Å². The van der Waals surface area contributed by atoms with Gasteiger partial charge < -0.3 is 15.1 Å². The second-order valence-electron chi connectivity index (χ2n) is 5.73. The molecule has 0 spiro atoms. The van der Waals surface area contributed by atoms with Crippen LogP contribution in [-0.2, 0) is 14.4 Å². The largest absolute Gasteiger partial charge is 0.477 e. The molecule has 128 valence electrons. The van der Waals surface area contributed by atoms with Gasteiger partial charge >= 0.3 is 5.97 Å². The van der Waals surface area contributed by atoms with Crippen LogP contribution in [0.2, 0.25) is 0 Å². The number of aliphatic hydroxyl groups excluding tert-OH is 1. The molecular weight excluding hydrogens is 322 g/mol. The Morgan fingerprint density at radius 1 is 1.52 bits per heavy atom. The van der Waals surface area contributed by atoms with Gasteiger partial charge in [-0.3, -0.25) is 15.0 Å². The number of rotatable bonds is 8. The Balaban J connectivity index is 1.92. The van der Waals surface area contributed by atoms with Gasteiger partial charge in [-0.15, -0.1) is 0 Å². The van der Waals surface area contributed by atoms with Gasteiger partial charge in [-0.1, -0.05) is 0 Å². The second-order valence-corrected chi connectivity index (χ2v) is 6.83. The van der Waals surface area contributed by atoms with Crippen molar-refractivity contribution in [1.82, 2.24) is 10.3 Å². The van der Waals surface area contributed by atoms with Crippen LogP contribution in [0.3, 0.4) is 0 Å². The summed E-state index contributed by atoms with van der Waals surface area (Å²) >= 11 is 1.52. The predicted molar refractivity (Wildman–Crippen MR) is 84.0 cm³/mol. The SMILES string of the molecule is CC(O)C1C(=O)N2C(C(=O)O)=C(CSCCCC(=O)NN)CC12. The van der Waals surface area contributed by atoms with Crippen molar-refractivity contribution in [2.75, 3.05) is 11.5 Å². The second kappa shape index (κ2) is 7.33. The number of nitrogens with zero attached hydrogens (tertiary/aromatic N) is 1. The maximum Gasteiger partial charge on any atom is 0.352 e. The molecule has 3 atom stereocenters. The van der Waals surface area contributed by atoms with E-state index in [2.05, 4.69) is 5.43 Å². The molecule has 0 bridgehead atoms. The smallest absolute Gasteiger partial charge is 0.352 e. The van der Waals surface area contributed by atoms with Gasteiger partial charge in [0.15, 0.2) is 0 Å². The standard InChI is InChI=1S/C14H21N3O5S/c1-7(18)11-9-5-8(6-23-4-2-3-10(19)16-15)12(14(21)22)17(9)13(11)20/h7,9,11,18H,2-6,15H2,1H3,(H,16,19)(H,21,22). The summed E-state index contributed by atoms with van der Waals surface area (Å²) in [6, 6.07) is -0.243. The number of β-lactam (4-membered cyclic amide) rings is 1. The van der Waals surface area contributed by atoms with Crippen molar-refractivity contribution in [2.24, 2.45) is 11.8 Å². The van der Waals surface area contributed by atoms with Crippen LogP contribution in [0.25, 0.3) is 0 Å². The molecule has 1 fully saturated rings. The molecule has 2 aliphatic heterocycles. The Bertz CT molecular complexity index is 549. The summed E-state index contributed by atoms with van der Waals surface area (Å²) in [6.45, 7) is 1.55. The number of hydrogen-bond acceptors (Lipinski definition) is 6. The molecule has 5 N–H and O–H groups in total. The number of carbonyl (C=O) groups excluding carboxylic acids is 2. The summed E-state index contributed by atoms with van der Waals surface area (Å²) in [4.78, 5) is 35.8. The summed E-state index contributed by atoms with van der Waals surface area (Å²) in [5.74, 6) is 4.01. The first-order valence-corrected chi connectivity index (χ1v) is 8.57. The number of amides is 2. The van der Waals surface area contributed by atoms with Crippen LogP contribution in [0.1, 0.15) is 26.2 Å². The van der Waals surface area contributed by atoms with Gasteiger partial charge in [0.1, 0.15) is 5.70 Å². The minimum absolute atomic E-state index is 0.0594. The first kappa shape index (κ1) is 17.8. The van der Waals surface area contributed by atoms with Crippen molar-refractivity contribution in [3.63, 3.8) is 0 Å². The van der Waals surface area contributed by atoms with E-state index in [0.717, 1.165) is 0 Å². The Morgan fingerprint density at radius 3 is 2.78 bits per heavy atom. The van der Waals surface area contributed by atoms with E-state index in [0.29, 0.717) is 36.3 Å². The highest BCUT2D eigenvalue weighted by Gasteiger charge is 2.56. The monoisotopic (exact) mass is 343 g/mol. The average Bonchev–Trinajstić information content (AvgIpc) is 2.80. The zero-order valence-electron chi connectivity index (χ0n) is 12.8. The molecule has 3 unspecified atom stereocenters. The number of carbonyl (C=O) groups is 3. The molecular formula is C14H21N3O5S. The van der Waals surface area contributed by atoms with Crippen molar-refractivity contribution in [3.05, 3.63) is 11.3 Å². The molecule has 0 saturated carbocycles. The fraction of sp³-hybridized carbons (Fsp3) is 0.643. The van der Waals surface area contributed by atoms with Gasteiger partial charge in [0.05, 0.1) is 18.1 Å². The van der Waals surface area contributed by atoms with Gasteiger partial charge in [0, 0.05) is 12.2 Å². The molecule has 0 aromatic heterocycles. The third kappa shape index (κ3) is 3.51. The number of carboxylic acids is 1. The number of hydrazine groups is 1. The Morgan fingerprint density at radius 2 is 2.22 bits per heavy atom. The summed E-state index contributed by atoms with van der Waals surface area (Å²) < 4.78 is 0. The van der Waals surface area contributed by atoms with Gasteiger partial charge in [-0.2, -0.15) is 11.8 Å². The molecule has 0 radical (unpaired) electrons. The number of nitrogens with two attached hydrogens (primary N) is 1. The lowest BCUT2D eigenvalue weighted by atomic mass is 9.83. The van der Waals surface area contributed by atoms with Crippen LogP contribution >= 0.6 is 11.8 Å². The van der Waals surface area contributed by atoms with Crippen molar-refractivity contribution in [3.8, 4) is 0 Å². The Hall–Kier alpha value is -1.58. The van der Waals surface area contributed by atoms with E-state index in [1.807, 2.05) is 0 Å². The van der Waals surface area contributed by atoms with Crippen molar-refractivity contribution in [2.45, 2.75) is 38.3 Å². The normalized spacial score (nSPS) is 24.3. The summed E-state index contributed by atoms with van der Waals surface area (Å²) in [6.07, 6.45) is 0.678. The number of aliphatic hydroxyl groups is 1. The molecule has 0 aromatic carbocycles. The molecule has 2 amide bonds. The van der Waals surface area contributed by atoms with E-state index in [1.165, 1.54) is 16.7 Å². The zero-order chi connectivity index (χ0) is 17.1. The van der Waals surface area contributed by atoms with Gasteiger partial charge in [-0.25, -0.2) is 10.6 Å². The zero-order valence-corrected chi connectivity index (χ0v) is 13.6. The first-order chi connectivity index (χ1) is 10.9. The number of fused-ring (bicyclic) bond motifs is 1. The molecule has 2 aliphatic rings. The highest BCUT2D eigenvalue weighted by atomic mass is 32.2. The van der Waals surface area contributed by atoms with Crippen molar-refractivity contribution in [1.29, 1.82) is 0 Å². The van der Waals surface area contributed by atoms with Crippen LogP contribution in [-0.4, -0.2) is 56.5 Å². The van der Waals surface area contributed by atoms with Crippen LogP contribution in [0.5, 0.6) is 0 Å². The minimum Gasteiger partial charge on any atom is -0.477 e. The highest BCUT2D eigenvalue weighted by Crippen LogP contribution is 2.44. The molecule has 0 aromatic rings. The predicted octanol–water partition coefficient (Wildman–Crippen LogP) is -0.560. The van der Waals surface area contributed by atoms with E-state index in [9.17, 15) is 24.6 Å². The number of aliphatic carboxylic acids is 1. The fourth-order valence-corrected chi connectivity index (χ4v) is 4.09. The van der Waals surface area contributed by atoms with E-state index < -0.39 is 18.0 Å². The van der Waals surface area contributed by atoms with Gasteiger partial charge in [-0.05, 0) is 31.1 Å². The summed E-state index contributed by atoms with van der Waals surface area (Å²) in [7, 11) is 0. The lowest BCUT2D eigenvalue weighted by molar-refractivity contribution is -0.161. The van der Waals surface area contributed by atoms with Gasteiger partial charge in [0.2, 0.25) is 11.8 Å². The molecule has 2 heterocycles. The molecule has 1 saturated heterocycles. The fourth-order valence-electron chi connectivity index (χ4n) is 3.09. The van der Waals surface area contributed by atoms with Gasteiger partial charge in [0.25, 0.3) is 0 Å². The maximum absolute atomic E-state index is 12.0. The lowest BCUT2D eigenvalue weighted by Gasteiger charge is -2.44.